The Morgan fingerprint density at radius 3 is 2.83 bits per heavy atom. The van der Waals surface area contributed by atoms with E-state index >= 15 is 0 Å². The molecule has 1 aliphatic heterocycles. The summed E-state index contributed by atoms with van der Waals surface area (Å²) in [5.74, 6) is 1.54. The van der Waals surface area contributed by atoms with Gasteiger partial charge in [-0.15, -0.1) is 0 Å². The number of hydrogen-bond donors (Lipinski definition) is 1. The zero-order chi connectivity index (χ0) is 12.7. The highest BCUT2D eigenvalue weighted by Gasteiger charge is 2.21. The van der Waals surface area contributed by atoms with E-state index < -0.39 is 10.8 Å². The van der Waals surface area contributed by atoms with Gasteiger partial charge in [0.15, 0.2) is 4.77 Å². The molecule has 1 fully saturated rings. The van der Waals surface area contributed by atoms with E-state index in [-0.39, 0.29) is 0 Å². The molecule has 0 spiro atoms. The van der Waals surface area contributed by atoms with Crippen LogP contribution in [0.1, 0.15) is 18.9 Å². The Balaban J connectivity index is 2.08. The molecule has 1 saturated heterocycles. The molecule has 18 heavy (non-hydrogen) atoms. The first-order valence-electron chi connectivity index (χ1n) is 5.90. The predicted octanol–water partition coefficient (Wildman–Crippen LogP) is 3.44. The van der Waals surface area contributed by atoms with Crippen molar-refractivity contribution in [3.8, 4) is 0 Å². The van der Waals surface area contributed by atoms with Crippen molar-refractivity contribution in [2.75, 3.05) is 11.5 Å². The Hall–Kier alpha value is -0.650. The average Bonchev–Trinajstić information content (AvgIpc) is 2.65. The Kier molecular flexibility index (Phi) is 3.30. The molecule has 96 valence electrons. The highest BCUT2D eigenvalue weighted by molar-refractivity contribution is 7.85. The second kappa shape index (κ2) is 4.79. The van der Waals surface area contributed by atoms with Gasteiger partial charge in [0.05, 0.1) is 11.0 Å². The molecular formula is C12H13ClN2OS2. The number of nitrogens with one attached hydrogen (secondary N) is 1. The maximum absolute atomic E-state index is 11.4. The fourth-order valence-electron chi connectivity index (χ4n) is 2.51. The third-order valence-corrected chi connectivity index (χ3v) is 5.32. The van der Waals surface area contributed by atoms with Crippen LogP contribution < -0.4 is 0 Å². The van der Waals surface area contributed by atoms with Crippen molar-refractivity contribution >= 4 is 45.7 Å². The molecule has 0 bridgehead atoms. The van der Waals surface area contributed by atoms with Crippen LogP contribution in [-0.4, -0.2) is 25.3 Å². The molecule has 3 rings (SSSR count). The minimum atomic E-state index is -0.645. The Morgan fingerprint density at radius 2 is 2.11 bits per heavy atom. The van der Waals surface area contributed by atoms with Gasteiger partial charge in [0, 0.05) is 33.4 Å². The normalized spacial score (nSPS) is 24.5. The van der Waals surface area contributed by atoms with Gasteiger partial charge in [-0.1, -0.05) is 11.6 Å². The largest absolute Gasteiger partial charge is 0.331 e. The number of imidazole rings is 1. The quantitative estimate of drug-likeness (QED) is 0.819. The number of nitrogens with zero attached hydrogens (tertiary/aromatic N) is 1. The summed E-state index contributed by atoms with van der Waals surface area (Å²) < 4.78 is 14.3. The van der Waals surface area contributed by atoms with Crippen molar-refractivity contribution < 1.29 is 4.21 Å². The molecular weight excluding hydrogens is 288 g/mol. The molecule has 3 nitrogen and oxygen atoms in total. The van der Waals surface area contributed by atoms with Crippen LogP contribution >= 0.6 is 23.8 Å². The molecule has 0 unspecified atom stereocenters. The number of fused-ring (bicyclic) bond motifs is 1. The first-order valence-corrected chi connectivity index (χ1v) is 8.17. The van der Waals surface area contributed by atoms with Crippen molar-refractivity contribution in [1.82, 2.24) is 9.55 Å². The van der Waals surface area contributed by atoms with E-state index in [0.717, 1.165) is 40.2 Å². The third-order valence-electron chi connectivity index (χ3n) is 3.40. The molecule has 1 aromatic heterocycles. The van der Waals surface area contributed by atoms with Gasteiger partial charge in [-0.25, -0.2) is 0 Å². The third kappa shape index (κ3) is 2.15. The molecule has 2 heterocycles. The maximum atomic E-state index is 11.4. The lowest BCUT2D eigenvalue weighted by atomic mass is 10.1. The Morgan fingerprint density at radius 1 is 1.39 bits per heavy atom. The summed E-state index contributed by atoms with van der Waals surface area (Å²) in [7, 11) is -0.645. The summed E-state index contributed by atoms with van der Waals surface area (Å²) in [5, 5.41) is 0.704. The zero-order valence-electron chi connectivity index (χ0n) is 9.69. The predicted molar refractivity (Wildman–Crippen MR) is 78.3 cm³/mol. The van der Waals surface area contributed by atoms with E-state index in [0.29, 0.717) is 11.1 Å². The van der Waals surface area contributed by atoms with Gasteiger partial charge in [0.2, 0.25) is 0 Å². The fraction of sp³-hybridized carbons (Fsp3) is 0.417. The summed E-state index contributed by atoms with van der Waals surface area (Å²) in [5.41, 5.74) is 2.06. The molecule has 0 atom stereocenters. The van der Waals surface area contributed by atoms with Gasteiger partial charge >= 0.3 is 0 Å². The minimum Gasteiger partial charge on any atom is -0.331 e. The van der Waals surface area contributed by atoms with Crippen LogP contribution in [0.2, 0.25) is 5.02 Å². The lowest BCUT2D eigenvalue weighted by Crippen LogP contribution is -2.21. The Bertz CT molecular complexity index is 666. The van der Waals surface area contributed by atoms with Crippen LogP contribution in [0.5, 0.6) is 0 Å². The van der Waals surface area contributed by atoms with E-state index in [1.54, 1.807) is 0 Å². The number of halogens is 1. The minimum absolute atomic E-state index is 0.352. The van der Waals surface area contributed by atoms with Crippen molar-refractivity contribution in [1.29, 1.82) is 0 Å². The standard InChI is InChI=1S/C12H13ClN2OS2/c13-8-1-2-11-10(7-8)14-12(17)15(11)9-3-5-18(16)6-4-9/h1-2,7,9H,3-6H2,(H,14,17). The molecule has 0 radical (unpaired) electrons. The average molecular weight is 301 g/mol. The molecule has 0 amide bonds. The number of H-pyrrole nitrogens is 1. The van der Waals surface area contributed by atoms with E-state index in [2.05, 4.69) is 9.55 Å². The second-order valence-electron chi connectivity index (χ2n) is 4.54. The van der Waals surface area contributed by atoms with Gasteiger partial charge in [0.1, 0.15) is 0 Å². The van der Waals surface area contributed by atoms with E-state index in [1.807, 2.05) is 18.2 Å². The van der Waals surface area contributed by atoms with Gasteiger partial charge in [0.25, 0.3) is 0 Å². The van der Waals surface area contributed by atoms with Gasteiger partial charge in [-0.05, 0) is 43.3 Å². The highest BCUT2D eigenvalue weighted by Crippen LogP contribution is 2.28. The van der Waals surface area contributed by atoms with E-state index in [1.165, 1.54) is 0 Å². The van der Waals surface area contributed by atoms with Gasteiger partial charge < -0.3 is 9.55 Å². The topological polar surface area (TPSA) is 37.8 Å². The summed E-state index contributed by atoms with van der Waals surface area (Å²) in [6, 6.07) is 6.12. The number of benzene rings is 1. The highest BCUT2D eigenvalue weighted by atomic mass is 35.5. The van der Waals surface area contributed by atoms with Crippen LogP contribution in [0.3, 0.4) is 0 Å². The number of aromatic amines is 1. The van der Waals surface area contributed by atoms with Crippen LogP contribution in [0.15, 0.2) is 18.2 Å². The molecule has 0 aliphatic carbocycles. The molecule has 1 aliphatic rings. The van der Waals surface area contributed by atoms with Gasteiger partial charge in [-0.3, -0.25) is 4.21 Å². The molecule has 1 aromatic carbocycles. The SMILES string of the molecule is O=S1CCC(n2c(=S)[nH]c3cc(Cl)ccc32)CC1. The van der Waals surface area contributed by atoms with Gasteiger partial charge in [-0.2, -0.15) is 0 Å². The van der Waals surface area contributed by atoms with E-state index in [9.17, 15) is 4.21 Å². The number of hydrogen-bond acceptors (Lipinski definition) is 2. The van der Waals surface area contributed by atoms with Crippen molar-refractivity contribution in [3.63, 3.8) is 0 Å². The van der Waals surface area contributed by atoms with Crippen LogP contribution in [-0.2, 0) is 10.8 Å². The first kappa shape index (κ1) is 12.4. The van der Waals surface area contributed by atoms with Crippen molar-refractivity contribution in [3.05, 3.63) is 28.0 Å². The maximum Gasteiger partial charge on any atom is 0.178 e. The molecule has 6 heteroatoms. The fourth-order valence-corrected chi connectivity index (χ4v) is 4.31. The monoisotopic (exact) mass is 300 g/mol. The molecule has 1 N–H and O–H groups in total. The number of rotatable bonds is 1. The van der Waals surface area contributed by atoms with Crippen LogP contribution in [0.4, 0.5) is 0 Å². The summed E-state index contributed by atoms with van der Waals surface area (Å²) >= 11 is 11.4. The van der Waals surface area contributed by atoms with Crippen LogP contribution in [0.25, 0.3) is 11.0 Å². The summed E-state index contributed by atoms with van der Waals surface area (Å²) in [4.78, 5) is 3.19. The smallest absolute Gasteiger partial charge is 0.178 e. The lowest BCUT2D eigenvalue weighted by Gasteiger charge is -2.23. The van der Waals surface area contributed by atoms with Crippen molar-refractivity contribution in [2.45, 2.75) is 18.9 Å². The zero-order valence-corrected chi connectivity index (χ0v) is 12.1. The lowest BCUT2D eigenvalue weighted by molar-refractivity contribution is 0.468. The number of aromatic nitrogens is 2. The molecule has 0 saturated carbocycles. The van der Waals surface area contributed by atoms with Crippen LogP contribution in [0, 0.1) is 4.77 Å². The first-order chi connectivity index (χ1) is 8.65. The van der Waals surface area contributed by atoms with E-state index in [4.69, 9.17) is 23.8 Å². The molecule has 2 aromatic rings. The summed E-state index contributed by atoms with van der Waals surface area (Å²) in [6.45, 7) is 0. The Labute approximate surface area is 118 Å². The second-order valence-corrected chi connectivity index (χ2v) is 7.06. The van der Waals surface area contributed by atoms with Crippen molar-refractivity contribution in [2.24, 2.45) is 0 Å². The summed E-state index contributed by atoms with van der Waals surface area (Å²) in [6.07, 6.45) is 1.85.